The molecule has 0 radical (unpaired) electrons. The number of rotatable bonds is 5. The van der Waals surface area contributed by atoms with E-state index in [9.17, 15) is 13.6 Å². The lowest BCUT2D eigenvalue weighted by Gasteiger charge is -2.22. The normalized spacial score (nSPS) is 13.2. The van der Waals surface area contributed by atoms with E-state index in [1.165, 1.54) is 13.2 Å². The van der Waals surface area contributed by atoms with Crippen LogP contribution in [0.2, 0.25) is 0 Å². The molecule has 1 aromatic rings. The summed E-state index contributed by atoms with van der Waals surface area (Å²) >= 11 is 0. The highest BCUT2D eigenvalue weighted by Crippen LogP contribution is 2.28. The Morgan fingerprint density at radius 2 is 1.90 bits per heavy atom. The molecule has 0 saturated heterocycles. The Labute approximate surface area is 119 Å². The van der Waals surface area contributed by atoms with Gasteiger partial charge in [-0.3, -0.25) is 4.79 Å². The van der Waals surface area contributed by atoms with Gasteiger partial charge in [0.2, 0.25) is 5.82 Å². The molecule has 0 saturated carbocycles. The van der Waals surface area contributed by atoms with Crippen LogP contribution in [-0.4, -0.2) is 12.9 Å². The summed E-state index contributed by atoms with van der Waals surface area (Å²) < 4.78 is 31.4. The van der Waals surface area contributed by atoms with Crippen LogP contribution >= 0.6 is 0 Å². The molecule has 112 valence electrons. The molecular formula is C16H22F2O2. The average Bonchev–Trinajstić information content (AvgIpc) is 2.29. The molecule has 0 aliphatic heterocycles. The lowest BCUT2D eigenvalue weighted by Crippen LogP contribution is -2.14. The van der Waals surface area contributed by atoms with Crippen LogP contribution in [0, 0.1) is 23.0 Å². The first-order valence-electron chi connectivity index (χ1n) is 6.70. The zero-order valence-corrected chi connectivity index (χ0v) is 12.7. The summed E-state index contributed by atoms with van der Waals surface area (Å²) in [5.74, 6) is -2.37. The van der Waals surface area contributed by atoms with Crippen LogP contribution in [0.5, 0.6) is 5.75 Å². The topological polar surface area (TPSA) is 26.3 Å². The number of halogens is 2. The van der Waals surface area contributed by atoms with Crippen molar-refractivity contribution in [1.29, 1.82) is 0 Å². The highest BCUT2D eigenvalue weighted by atomic mass is 19.2. The third-order valence-electron chi connectivity index (χ3n) is 3.03. The van der Waals surface area contributed by atoms with Crippen LogP contribution in [0.4, 0.5) is 8.78 Å². The molecule has 0 bridgehead atoms. The Hall–Kier alpha value is -1.45. The number of methoxy groups -OCH3 is 1. The van der Waals surface area contributed by atoms with Gasteiger partial charge < -0.3 is 4.74 Å². The zero-order valence-electron chi connectivity index (χ0n) is 12.7. The van der Waals surface area contributed by atoms with Crippen LogP contribution in [0.25, 0.3) is 0 Å². The minimum Gasteiger partial charge on any atom is -0.494 e. The molecule has 1 aromatic carbocycles. The van der Waals surface area contributed by atoms with Gasteiger partial charge in [-0.2, -0.15) is 4.39 Å². The van der Waals surface area contributed by atoms with E-state index in [1.54, 1.807) is 0 Å². The summed E-state index contributed by atoms with van der Waals surface area (Å²) in [6, 6.07) is 2.19. The van der Waals surface area contributed by atoms with Crippen molar-refractivity contribution in [3.8, 4) is 5.75 Å². The van der Waals surface area contributed by atoms with Crippen molar-refractivity contribution in [3.05, 3.63) is 29.3 Å². The summed E-state index contributed by atoms with van der Waals surface area (Å²) in [5.41, 5.74) is 0.285. The second-order valence-corrected chi connectivity index (χ2v) is 6.47. The molecule has 0 N–H and O–H groups in total. The zero-order chi connectivity index (χ0) is 15.5. The van der Waals surface area contributed by atoms with Crippen molar-refractivity contribution in [2.45, 2.75) is 40.5 Å². The number of carbonyl (C=O) groups is 1. The van der Waals surface area contributed by atoms with Gasteiger partial charge in [-0.25, -0.2) is 4.39 Å². The summed E-state index contributed by atoms with van der Waals surface area (Å²) in [7, 11) is 1.24. The van der Waals surface area contributed by atoms with Crippen molar-refractivity contribution < 1.29 is 18.3 Å². The smallest absolute Gasteiger partial charge is 0.200 e. The van der Waals surface area contributed by atoms with Crippen molar-refractivity contribution >= 4 is 5.78 Å². The van der Waals surface area contributed by atoms with E-state index in [-0.39, 0.29) is 28.4 Å². The maximum absolute atomic E-state index is 13.4. The highest BCUT2D eigenvalue weighted by molar-refractivity contribution is 5.96. The van der Waals surface area contributed by atoms with Crippen LogP contribution in [0.3, 0.4) is 0 Å². The van der Waals surface area contributed by atoms with Gasteiger partial charge in [0.15, 0.2) is 17.3 Å². The number of ketones is 1. The summed E-state index contributed by atoms with van der Waals surface area (Å²) in [4.78, 5) is 12.1. The second-order valence-electron chi connectivity index (χ2n) is 6.47. The number of carbonyl (C=O) groups excluding carboxylic acids is 1. The van der Waals surface area contributed by atoms with Crippen molar-refractivity contribution in [1.82, 2.24) is 0 Å². The van der Waals surface area contributed by atoms with Gasteiger partial charge in [-0.1, -0.05) is 27.7 Å². The van der Waals surface area contributed by atoms with Gasteiger partial charge in [0.05, 0.1) is 7.11 Å². The highest BCUT2D eigenvalue weighted by Gasteiger charge is 2.20. The van der Waals surface area contributed by atoms with Crippen LogP contribution in [0.1, 0.15) is 50.9 Å². The summed E-state index contributed by atoms with van der Waals surface area (Å²) in [6.45, 7) is 8.30. The first-order chi connectivity index (χ1) is 9.14. The molecule has 0 fully saturated rings. The van der Waals surface area contributed by atoms with E-state index in [0.29, 0.717) is 6.42 Å². The number of ether oxygens (including phenoxy) is 1. The maximum atomic E-state index is 13.4. The number of benzene rings is 1. The number of hydrogen-bond donors (Lipinski definition) is 0. The molecular weight excluding hydrogens is 262 g/mol. The van der Waals surface area contributed by atoms with Crippen LogP contribution < -0.4 is 4.74 Å². The molecule has 0 aromatic heterocycles. The molecule has 4 heteroatoms. The average molecular weight is 284 g/mol. The summed E-state index contributed by atoms with van der Waals surface area (Å²) in [5, 5.41) is 0. The van der Waals surface area contributed by atoms with Gasteiger partial charge in [-0.15, -0.1) is 0 Å². The van der Waals surface area contributed by atoms with Gasteiger partial charge in [-0.05, 0) is 29.9 Å². The molecule has 1 atom stereocenters. The monoisotopic (exact) mass is 284 g/mol. The van der Waals surface area contributed by atoms with Crippen molar-refractivity contribution in [3.63, 3.8) is 0 Å². The van der Waals surface area contributed by atoms with E-state index in [2.05, 4.69) is 20.8 Å². The second kappa shape index (κ2) is 6.33. The Kier molecular flexibility index (Phi) is 5.26. The van der Waals surface area contributed by atoms with Crippen molar-refractivity contribution in [2.24, 2.45) is 11.3 Å². The van der Waals surface area contributed by atoms with E-state index in [4.69, 9.17) is 4.74 Å². The Morgan fingerprint density at radius 1 is 1.30 bits per heavy atom. The molecule has 0 amide bonds. The standard InChI is InChI=1S/C16H22F2O2/c1-10(9-16(2,3)4)6-13(19)11-7-12(17)15(18)14(8-11)20-5/h7-8,10H,6,9H2,1-5H3. The maximum Gasteiger partial charge on any atom is 0.200 e. The fourth-order valence-corrected chi connectivity index (χ4v) is 2.43. The molecule has 0 spiro atoms. The van der Waals surface area contributed by atoms with E-state index >= 15 is 0 Å². The van der Waals surface area contributed by atoms with E-state index in [1.807, 2.05) is 6.92 Å². The quantitative estimate of drug-likeness (QED) is 0.737. The number of hydrogen-bond acceptors (Lipinski definition) is 2. The SMILES string of the molecule is COc1cc(C(=O)CC(C)CC(C)(C)C)cc(F)c1F. The third kappa shape index (κ3) is 4.58. The van der Waals surface area contributed by atoms with Gasteiger partial charge in [0.1, 0.15) is 0 Å². The van der Waals surface area contributed by atoms with Crippen molar-refractivity contribution in [2.75, 3.05) is 7.11 Å². The van der Waals surface area contributed by atoms with E-state index < -0.39 is 11.6 Å². The lowest BCUT2D eigenvalue weighted by atomic mass is 9.83. The minimum atomic E-state index is -1.06. The van der Waals surface area contributed by atoms with Crippen LogP contribution in [-0.2, 0) is 0 Å². The first-order valence-corrected chi connectivity index (χ1v) is 6.70. The predicted octanol–water partition coefficient (Wildman–Crippen LogP) is 4.62. The fraction of sp³-hybridized carbons (Fsp3) is 0.562. The predicted molar refractivity (Wildman–Crippen MR) is 75.1 cm³/mol. The lowest BCUT2D eigenvalue weighted by molar-refractivity contribution is 0.0953. The van der Waals surface area contributed by atoms with Gasteiger partial charge in [0, 0.05) is 12.0 Å². The third-order valence-corrected chi connectivity index (χ3v) is 3.03. The first kappa shape index (κ1) is 16.6. The minimum absolute atomic E-state index is 0.130. The largest absolute Gasteiger partial charge is 0.494 e. The Balaban J connectivity index is 2.85. The van der Waals surface area contributed by atoms with Gasteiger partial charge >= 0.3 is 0 Å². The molecule has 2 nitrogen and oxygen atoms in total. The molecule has 1 rings (SSSR count). The molecule has 0 heterocycles. The Bertz CT molecular complexity index is 490. The fourth-order valence-electron chi connectivity index (χ4n) is 2.43. The van der Waals surface area contributed by atoms with E-state index in [0.717, 1.165) is 12.5 Å². The summed E-state index contributed by atoms with van der Waals surface area (Å²) in [6.07, 6.45) is 1.20. The Morgan fingerprint density at radius 3 is 2.40 bits per heavy atom. The molecule has 0 aliphatic rings. The molecule has 0 aliphatic carbocycles. The number of Topliss-reactive ketones (excluding diaryl/α,β-unsaturated/α-hetero) is 1. The van der Waals surface area contributed by atoms with Gasteiger partial charge in [0.25, 0.3) is 0 Å². The van der Waals surface area contributed by atoms with Crippen LogP contribution in [0.15, 0.2) is 12.1 Å². The molecule has 20 heavy (non-hydrogen) atoms. The molecule has 1 unspecified atom stereocenters.